The maximum absolute atomic E-state index is 10.6. The summed E-state index contributed by atoms with van der Waals surface area (Å²) in [6.07, 6.45) is 1.60. The van der Waals surface area contributed by atoms with E-state index < -0.39 is 4.92 Å². The van der Waals surface area contributed by atoms with Crippen LogP contribution in [-0.2, 0) is 0 Å². The van der Waals surface area contributed by atoms with Gasteiger partial charge in [-0.1, -0.05) is 13.8 Å². The summed E-state index contributed by atoms with van der Waals surface area (Å²) in [6, 6.07) is 2.89. The van der Waals surface area contributed by atoms with E-state index in [9.17, 15) is 10.1 Å². The van der Waals surface area contributed by atoms with Gasteiger partial charge in [-0.2, -0.15) is 0 Å². The molecule has 6 nitrogen and oxygen atoms in total. The molecular formula is C12H19N3O3. The summed E-state index contributed by atoms with van der Waals surface area (Å²) >= 11 is 0. The molecule has 0 fully saturated rings. The van der Waals surface area contributed by atoms with Crippen molar-refractivity contribution in [3.05, 3.63) is 27.9 Å². The fourth-order valence-corrected chi connectivity index (χ4v) is 1.48. The third kappa shape index (κ3) is 3.40. The summed E-state index contributed by atoms with van der Waals surface area (Å²) < 4.78 is 5.51. The van der Waals surface area contributed by atoms with Crippen molar-refractivity contribution in [2.45, 2.75) is 39.2 Å². The van der Waals surface area contributed by atoms with Crippen LogP contribution >= 0.6 is 0 Å². The van der Waals surface area contributed by atoms with Gasteiger partial charge in [0.25, 0.3) is 5.69 Å². The van der Waals surface area contributed by atoms with Crippen LogP contribution in [0.1, 0.15) is 32.4 Å². The van der Waals surface area contributed by atoms with Crippen molar-refractivity contribution in [1.29, 1.82) is 0 Å². The minimum Gasteiger partial charge on any atom is -0.476 e. The van der Waals surface area contributed by atoms with Gasteiger partial charge in [0.15, 0.2) is 0 Å². The molecule has 0 radical (unpaired) electrons. The predicted octanol–water partition coefficient (Wildman–Crippen LogP) is 2.19. The number of aromatic nitrogens is 1. The minimum absolute atomic E-state index is 0.00709. The molecule has 0 atom stereocenters. The van der Waals surface area contributed by atoms with Crippen molar-refractivity contribution >= 4 is 5.69 Å². The molecule has 1 heterocycles. The number of aryl methyl sites for hydroxylation is 1. The van der Waals surface area contributed by atoms with Crippen LogP contribution in [0.4, 0.5) is 5.69 Å². The first-order valence-electron chi connectivity index (χ1n) is 5.95. The van der Waals surface area contributed by atoms with Crippen molar-refractivity contribution in [2.24, 2.45) is 5.73 Å². The van der Waals surface area contributed by atoms with Gasteiger partial charge in [-0.15, -0.1) is 0 Å². The largest absolute Gasteiger partial charge is 0.476 e. The fraction of sp³-hybridized carbons (Fsp3) is 0.583. The predicted molar refractivity (Wildman–Crippen MR) is 68.6 cm³/mol. The zero-order valence-corrected chi connectivity index (χ0v) is 11.0. The quantitative estimate of drug-likeness (QED) is 0.619. The first-order chi connectivity index (χ1) is 8.41. The van der Waals surface area contributed by atoms with E-state index in [2.05, 4.69) is 4.98 Å². The maximum Gasteiger partial charge on any atom is 0.290 e. The average molecular weight is 253 g/mol. The van der Waals surface area contributed by atoms with Gasteiger partial charge in [-0.3, -0.25) is 10.1 Å². The van der Waals surface area contributed by atoms with E-state index in [1.54, 1.807) is 6.92 Å². The Morgan fingerprint density at radius 3 is 2.50 bits per heavy atom. The van der Waals surface area contributed by atoms with Gasteiger partial charge < -0.3 is 10.5 Å². The monoisotopic (exact) mass is 253 g/mol. The van der Waals surface area contributed by atoms with E-state index in [0.29, 0.717) is 18.2 Å². The van der Waals surface area contributed by atoms with Gasteiger partial charge in [0, 0.05) is 17.7 Å². The lowest BCUT2D eigenvalue weighted by Crippen LogP contribution is -2.44. The molecule has 6 heteroatoms. The van der Waals surface area contributed by atoms with Gasteiger partial charge in [0.1, 0.15) is 12.3 Å². The molecule has 0 aliphatic carbocycles. The van der Waals surface area contributed by atoms with Crippen molar-refractivity contribution in [2.75, 3.05) is 6.61 Å². The van der Waals surface area contributed by atoms with Crippen LogP contribution in [0.2, 0.25) is 0 Å². The molecule has 0 spiro atoms. The molecule has 0 aliphatic heterocycles. The van der Waals surface area contributed by atoms with E-state index in [1.807, 2.05) is 13.8 Å². The number of nitro groups is 1. The van der Waals surface area contributed by atoms with Crippen molar-refractivity contribution in [1.82, 2.24) is 4.98 Å². The standard InChI is InChI=1S/C12H19N3O3/c1-4-12(13,5-2)8-18-11-7-6-10(15(16)17)9(3)14-11/h6-7H,4-5,8,13H2,1-3H3. The Morgan fingerprint density at radius 1 is 1.44 bits per heavy atom. The van der Waals surface area contributed by atoms with Crippen LogP contribution in [0.15, 0.2) is 12.1 Å². The number of hydrogen-bond donors (Lipinski definition) is 1. The summed E-state index contributed by atoms with van der Waals surface area (Å²) in [4.78, 5) is 14.2. The highest BCUT2D eigenvalue weighted by Crippen LogP contribution is 2.20. The lowest BCUT2D eigenvalue weighted by Gasteiger charge is -2.26. The SMILES string of the molecule is CCC(N)(CC)COc1ccc([N+](=O)[O-])c(C)n1. The molecule has 1 rings (SSSR count). The van der Waals surface area contributed by atoms with Crippen LogP contribution in [0.25, 0.3) is 0 Å². The Hall–Kier alpha value is -1.69. The lowest BCUT2D eigenvalue weighted by atomic mass is 9.96. The van der Waals surface area contributed by atoms with Gasteiger partial charge in [-0.25, -0.2) is 4.98 Å². The van der Waals surface area contributed by atoms with E-state index >= 15 is 0 Å². The molecule has 1 aromatic rings. The van der Waals surface area contributed by atoms with Crippen LogP contribution in [0.5, 0.6) is 5.88 Å². The summed E-state index contributed by atoms with van der Waals surface area (Å²) in [5, 5.41) is 10.6. The molecular weight excluding hydrogens is 234 g/mol. The molecule has 100 valence electrons. The molecule has 0 amide bonds. The number of ether oxygens (including phenoxy) is 1. The third-order valence-corrected chi connectivity index (χ3v) is 3.14. The zero-order valence-electron chi connectivity index (χ0n) is 11.0. The Kier molecular flexibility index (Phi) is 4.61. The van der Waals surface area contributed by atoms with Crippen molar-refractivity contribution in [3.63, 3.8) is 0 Å². The number of nitrogens with two attached hydrogens (primary N) is 1. The first-order valence-corrected chi connectivity index (χ1v) is 5.95. The molecule has 0 aliphatic rings. The molecule has 0 bridgehead atoms. The van der Waals surface area contributed by atoms with Gasteiger partial charge in [-0.05, 0) is 19.8 Å². The Bertz CT molecular complexity index is 431. The van der Waals surface area contributed by atoms with Crippen LogP contribution in [-0.4, -0.2) is 22.1 Å². The third-order valence-electron chi connectivity index (χ3n) is 3.14. The molecule has 0 unspecified atom stereocenters. The maximum atomic E-state index is 10.6. The average Bonchev–Trinajstić information content (AvgIpc) is 2.35. The summed E-state index contributed by atoms with van der Waals surface area (Å²) in [5.74, 6) is 0.370. The van der Waals surface area contributed by atoms with Crippen LogP contribution in [0, 0.1) is 17.0 Å². The van der Waals surface area contributed by atoms with Gasteiger partial charge >= 0.3 is 0 Å². The van der Waals surface area contributed by atoms with Crippen molar-refractivity contribution < 1.29 is 9.66 Å². The normalized spacial score (nSPS) is 11.3. The molecule has 0 saturated heterocycles. The highest BCUT2D eigenvalue weighted by atomic mass is 16.6. The number of pyridine rings is 1. The Labute approximate surface area is 106 Å². The van der Waals surface area contributed by atoms with Crippen LogP contribution in [0.3, 0.4) is 0 Å². The number of rotatable bonds is 6. The molecule has 1 aromatic heterocycles. The summed E-state index contributed by atoms with van der Waals surface area (Å²) in [7, 11) is 0. The second kappa shape index (κ2) is 5.77. The van der Waals surface area contributed by atoms with Gasteiger partial charge in [0.05, 0.1) is 4.92 Å². The summed E-state index contributed by atoms with van der Waals surface area (Å²) in [5.41, 5.74) is 6.06. The van der Waals surface area contributed by atoms with Crippen molar-refractivity contribution in [3.8, 4) is 5.88 Å². The van der Waals surface area contributed by atoms with E-state index in [0.717, 1.165) is 12.8 Å². The molecule has 0 aromatic carbocycles. The second-order valence-electron chi connectivity index (χ2n) is 4.37. The van der Waals surface area contributed by atoms with E-state index in [4.69, 9.17) is 10.5 Å². The lowest BCUT2D eigenvalue weighted by molar-refractivity contribution is -0.385. The second-order valence-corrected chi connectivity index (χ2v) is 4.37. The zero-order chi connectivity index (χ0) is 13.8. The smallest absolute Gasteiger partial charge is 0.290 e. The Balaban J connectivity index is 2.75. The van der Waals surface area contributed by atoms with E-state index in [1.165, 1.54) is 12.1 Å². The Morgan fingerprint density at radius 2 is 2.06 bits per heavy atom. The minimum atomic E-state index is -0.461. The fourth-order valence-electron chi connectivity index (χ4n) is 1.48. The number of hydrogen-bond acceptors (Lipinski definition) is 5. The highest BCUT2D eigenvalue weighted by Gasteiger charge is 2.22. The van der Waals surface area contributed by atoms with Gasteiger partial charge in [0.2, 0.25) is 5.88 Å². The molecule has 0 saturated carbocycles. The number of nitrogens with zero attached hydrogens (tertiary/aromatic N) is 2. The first kappa shape index (κ1) is 14.4. The molecule has 2 N–H and O–H groups in total. The van der Waals surface area contributed by atoms with Crippen LogP contribution < -0.4 is 10.5 Å². The summed E-state index contributed by atoms with van der Waals surface area (Å²) in [6.45, 7) is 5.94. The highest BCUT2D eigenvalue weighted by molar-refractivity contribution is 5.36. The van der Waals surface area contributed by atoms with E-state index in [-0.39, 0.29) is 11.2 Å². The topological polar surface area (TPSA) is 91.3 Å². The molecule has 18 heavy (non-hydrogen) atoms.